The van der Waals surface area contributed by atoms with Gasteiger partial charge in [0.05, 0.1) is 30.1 Å². The quantitative estimate of drug-likeness (QED) is 0.823. The summed E-state index contributed by atoms with van der Waals surface area (Å²) in [4.78, 5) is 23.7. The Morgan fingerprint density at radius 1 is 1.00 bits per heavy atom. The van der Waals surface area contributed by atoms with E-state index in [1.807, 2.05) is 0 Å². The topological polar surface area (TPSA) is 67.4 Å². The SMILES string of the molecule is COc1ccc(CC(=O)NCC(=O)Nc2ccc(Cl)c(Cl)c2)cc1. The molecule has 2 amide bonds. The molecule has 0 bridgehead atoms. The van der Waals surface area contributed by atoms with Gasteiger partial charge in [-0.25, -0.2) is 0 Å². The van der Waals surface area contributed by atoms with Crippen molar-refractivity contribution in [2.24, 2.45) is 0 Å². The lowest BCUT2D eigenvalue weighted by molar-refractivity contribution is -0.123. The van der Waals surface area contributed by atoms with Crippen molar-refractivity contribution >= 4 is 40.7 Å². The summed E-state index contributed by atoms with van der Waals surface area (Å²) in [6.07, 6.45) is 0.185. The molecule has 0 aliphatic carbocycles. The number of hydrogen-bond donors (Lipinski definition) is 2. The lowest BCUT2D eigenvalue weighted by Gasteiger charge is -2.08. The first-order chi connectivity index (χ1) is 11.5. The molecule has 126 valence electrons. The Morgan fingerprint density at radius 3 is 2.33 bits per heavy atom. The molecule has 0 saturated carbocycles. The van der Waals surface area contributed by atoms with Gasteiger partial charge in [0.1, 0.15) is 5.75 Å². The molecule has 0 radical (unpaired) electrons. The summed E-state index contributed by atoms with van der Waals surface area (Å²) in [5.41, 5.74) is 1.34. The average molecular weight is 367 g/mol. The molecule has 5 nitrogen and oxygen atoms in total. The number of carbonyl (C=O) groups is 2. The van der Waals surface area contributed by atoms with Gasteiger partial charge in [-0.2, -0.15) is 0 Å². The molecule has 2 aromatic carbocycles. The number of halogens is 2. The van der Waals surface area contributed by atoms with Crippen LogP contribution in [-0.2, 0) is 16.0 Å². The van der Waals surface area contributed by atoms with Crippen LogP contribution in [0.5, 0.6) is 5.75 Å². The zero-order valence-corrected chi connectivity index (χ0v) is 14.4. The number of ether oxygens (including phenoxy) is 1. The molecule has 2 rings (SSSR count). The van der Waals surface area contributed by atoms with Crippen LogP contribution in [0.1, 0.15) is 5.56 Å². The molecular weight excluding hydrogens is 351 g/mol. The Morgan fingerprint density at radius 2 is 1.71 bits per heavy atom. The highest BCUT2D eigenvalue weighted by molar-refractivity contribution is 6.42. The smallest absolute Gasteiger partial charge is 0.243 e. The molecule has 0 heterocycles. The van der Waals surface area contributed by atoms with Crippen molar-refractivity contribution in [3.8, 4) is 5.75 Å². The summed E-state index contributed by atoms with van der Waals surface area (Å²) in [6, 6.07) is 11.9. The maximum Gasteiger partial charge on any atom is 0.243 e. The number of anilines is 1. The molecule has 24 heavy (non-hydrogen) atoms. The van der Waals surface area contributed by atoms with Gasteiger partial charge >= 0.3 is 0 Å². The Kier molecular flexibility index (Phi) is 6.46. The van der Waals surface area contributed by atoms with Crippen LogP contribution in [0.4, 0.5) is 5.69 Å². The van der Waals surface area contributed by atoms with E-state index >= 15 is 0 Å². The van der Waals surface area contributed by atoms with E-state index in [2.05, 4.69) is 10.6 Å². The van der Waals surface area contributed by atoms with Crippen molar-refractivity contribution < 1.29 is 14.3 Å². The first kappa shape index (κ1) is 18.1. The van der Waals surface area contributed by atoms with E-state index in [0.717, 1.165) is 11.3 Å². The third-order valence-corrected chi connectivity index (χ3v) is 3.91. The number of methoxy groups -OCH3 is 1. The summed E-state index contributed by atoms with van der Waals surface area (Å²) in [7, 11) is 1.58. The standard InChI is InChI=1S/C17H16Cl2N2O3/c1-24-13-5-2-11(3-6-13)8-16(22)20-10-17(23)21-12-4-7-14(18)15(19)9-12/h2-7,9H,8,10H2,1H3,(H,20,22)(H,21,23). The second kappa shape index (κ2) is 8.57. The highest BCUT2D eigenvalue weighted by Gasteiger charge is 2.08. The Bertz CT molecular complexity index is 733. The maximum atomic E-state index is 11.9. The molecule has 0 aliphatic rings. The number of carbonyl (C=O) groups excluding carboxylic acids is 2. The zero-order chi connectivity index (χ0) is 17.5. The van der Waals surface area contributed by atoms with Crippen LogP contribution in [0.25, 0.3) is 0 Å². The zero-order valence-electron chi connectivity index (χ0n) is 12.9. The normalized spacial score (nSPS) is 10.1. The van der Waals surface area contributed by atoms with Crippen molar-refractivity contribution in [3.05, 3.63) is 58.1 Å². The Hall–Kier alpha value is -2.24. The third-order valence-electron chi connectivity index (χ3n) is 3.17. The fourth-order valence-corrected chi connectivity index (χ4v) is 2.25. The maximum absolute atomic E-state index is 11.9. The predicted molar refractivity (Wildman–Crippen MR) is 94.8 cm³/mol. The van der Waals surface area contributed by atoms with E-state index < -0.39 is 0 Å². The van der Waals surface area contributed by atoms with Crippen molar-refractivity contribution in [2.45, 2.75) is 6.42 Å². The number of hydrogen-bond acceptors (Lipinski definition) is 3. The summed E-state index contributed by atoms with van der Waals surface area (Å²) in [6.45, 7) is -0.130. The largest absolute Gasteiger partial charge is 0.497 e. The van der Waals surface area contributed by atoms with Crippen LogP contribution in [0.2, 0.25) is 10.0 Å². The molecule has 2 N–H and O–H groups in total. The molecule has 0 atom stereocenters. The molecule has 7 heteroatoms. The first-order valence-corrected chi connectivity index (χ1v) is 7.88. The highest BCUT2D eigenvalue weighted by Crippen LogP contribution is 2.24. The molecule has 2 aromatic rings. The van der Waals surface area contributed by atoms with Gasteiger partial charge < -0.3 is 15.4 Å². The van der Waals surface area contributed by atoms with Crippen LogP contribution >= 0.6 is 23.2 Å². The van der Waals surface area contributed by atoms with Gasteiger partial charge in [0.15, 0.2) is 0 Å². The summed E-state index contributed by atoms with van der Waals surface area (Å²) < 4.78 is 5.05. The molecule has 0 fully saturated rings. The van der Waals surface area contributed by atoms with Gasteiger partial charge in [-0.1, -0.05) is 35.3 Å². The van der Waals surface area contributed by atoms with Crippen molar-refractivity contribution in [2.75, 3.05) is 19.0 Å². The minimum Gasteiger partial charge on any atom is -0.497 e. The van der Waals surface area contributed by atoms with Gasteiger partial charge in [0.25, 0.3) is 0 Å². The van der Waals surface area contributed by atoms with E-state index in [9.17, 15) is 9.59 Å². The van der Waals surface area contributed by atoms with Crippen LogP contribution in [-0.4, -0.2) is 25.5 Å². The van der Waals surface area contributed by atoms with Gasteiger partial charge in [0, 0.05) is 5.69 Å². The van der Waals surface area contributed by atoms with E-state index in [4.69, 9.17) is 27.9 Å². The van der Waals surface area contributed by atoms with E-state index in [-0.39, 0.29) is 24.8 Å². The first-order valence-electron chi connectivity index (χ1n) is 7.12. The lowest BCUT2D eigenvalue weighted by atomic mass is 10.1. The molecule has 0 spiro atoms. The molecule has 0 unspecified atom stereocenters. The lowest BCUT2D eigenvalue weighted by Crippen LogP contribution is -2.33. The Labute approximate surface area is 149 Å². The molecule has 0 saturated heterocycles. The van der Waals surface area contributed by atoms with Crippen molar-refractivity contribution in [1.82, 2.24) is 5.32 Å². The number of nitrogens with one attached hydrogen (secondary N) is 2. The summed E-state index contributed by atoms with van der Waals surface area (Å²) >= 11 is 11.7. The molecule has 0 aromatic heterocycles. The highest BCUT2D eigenvalue weighted by atomic mass is 35.5. The average Bonchev–Trinajstić information content (AvgIpc) is 2.57. The molecular formula is C17H16Cl2N2O3. The summed E-state index contributed by atoms with van der Waals surface area (Å²) in [5, 5.41) is 5.95. The predicted octanol–water partition coefficient (Wildman–Crippen LogP) is 3.30. The number of rotatable bonds is 6. The summed E-state index contributed by atoms with van der Waals surface area (Å²) in [5.74, 6) is 0.126. The van der Waals surface area contributed by atoms with Gasteiger partial charge in [-0.05, 0) is 35.9 Å². The van der Waals surface area contributed by atoms with Crippen LogP contribution < -0.4 is 15.4 Å². The minimum atomic E-state index is -0.350. The van der Waals surface area contributed by atoms with Gasteiger partial charge in [-0.15, -0.1) is 0 Å². The van der Waals surface area contributed by atoms with Gasteiger partial charge in [-0.3, -0.25) is 9.59 Å². The van der Waals surface area contributed by atoms with Crippen molar-refractivity contribution in [1.29, 1.82) is 0 Å². The monoisotopic (exact) mass is 366 g/mol. The van der Waals surface area contributed by atoms with Crippen LogP contribution in [0.3, 0.4) is 0 Å². The van der Waals surface area contributed by atoms with E-state index in [1.54, 1.807) is 49.6 Å². The van der Waals surface area contributed by atoms with E-state index in [0.29, 0.717) is 15.7 Å². The van der Waals surface area contributed by atoms with Gasteiger partial charge in [0.2, 0.25) is 11.8 Å². The second-order valence-corrected chi connectivity index (χ2v) is 5.79. The number of amides is 2. The molecule has 0 aliphatic heterocycles. The van der Waals surface area contributed by atoms with Crippen molar-refractivity contribution in [3.63, 3.8) is 0 Å². The van der Waals surface area contributed by atoms with Crippen LogP contribution in [0, 0.1) is 0 Å². The second-order valence-electron chi connectivity index (χ2n) is 4.98. The Balaban J connectivity index is 1.79. The van der Waals surface area contributed by atoms with E-state index in [1.165, 1.54) is 0 Å². The minimum absolute atomic E-state index is 0.130. The third kappa shape index (κ3) is 5.44. The number of benzene rings is 2. The van der Waals surface area contributed by atoms with Crippen LogP contribution in [0.15, 0.2) is 42.5 Å². The fraction of sp³-hybridized carbons (Fsp3) is 0.176. The fourth-order valence-electron chi connectivity index (χ4n) is 1.95.